The highest BCUT2D eigenvalue weighted by molar-refractivity contribution is 7.89. The third-order valence-corrected chi connectivity index (χ3v) is 4.87. The topological polar surface area (TPSA) is 83.9 Å². The first-order valence-corrected chi connectivity index (χ1v) is 8.77. The van der Waals surface area contributed by atoms with Crippen molar-refractivity contribution >= 4 is 20.8 Å². The van der Waals surface area contributed by atoms with Gasteiger partial charge in [0.25, 0.3) is 0 Å². The number of rotatable bonds is 3. The number of fused-ring (bicyclic) bond motifs is 1. The Hall–Kier alpha value is -2.82. The largest absolute Gasteiger partial charge is 0.239 e. The molecule has 2 N–H and O–H groups in total. The molecule has 0 fully saturated rings. The summed E-state index contributed by atoms with van der Waals surface area (Å²) < 4.78 is 52.9. The Bertz CT molecular complexity index is 1140. The quantitative estimate of drug-likeness (QED) is 0.778. The number of hydrogen-bond acceptors (Lipinski definition) is 3. The van der Waals surface area contributed by atoms with Crippen LogP contribution in [0.4, 0.5) is 8.78 Å². The van der Waals surface area contributed by atoms with Gasteiger partial charge in [0, 0.05) is 22.1 Å². The summed E-state index contributed by atoms with van der Waals surface area (Å²) in [6.45, 7) is 0. The van der Waals surface area contributed by atoms with E-state index >= 15 is 0 Å². The monoisotopic (exact) mass is 358 g/mol. The molecule has 0 saturated carbocycles. The first-order valence-electron chi connectivity index (χ1n) is 7.22. The second-order valence-electron chi connectivity index (χ2n) is 5.47. The minimum Gasteiger partial charge on any atom is -0.225 e. The number of primary sulfonamides is 1. The molecule has 0 radical (unpaired) electrons. The van der Waals surface area contributed by atoms with Crippen molar-refractivity contribution in [2.24, 2.45) is 5.14 Å². The fraction of sp³-hybridized carbons (Fsp3) is 0.0556. The molecule has 0 aliphatic rings. The first-order chi connectivity index (χ1) is 11.8. The molecule has 3 aromatic rings. The number of sulfonamides is 1. The van der Waals surface area contributed by atoms with Gasteiger partial charge in [-0.25, -0.2) is 22.3 Å². The second kappa shape index (κ2) is 6.24. The van der Waals surface area contributed by atoms with Crippen LogP contribution in [0.5, 0.6) is 0 Å². The van der Waals surface area contributed by atoms with Gasteiger partial charge >= 0.3 is 0 Å². The van der Waals surface area contributed by atoms with E-state index in [0.717, 1.165) is 12.1 Å². The molecule has 25 heavy (non-hydrogen) atoms. The molecule has 0 amide bonds. The van der Waals surface area contributed by atoms with Gasteiger partial charge in [-0.05, 0) is 17.5 Å². The van der Waals surface area contributed by atoms with Gasteiger partial charge in [-0.15, -0.1) is 0 Å². The number of halogens is 2. The Labute approximate surface area is 143 Å². The first kappa shape index (κ1) is 17.0. The Balaban J connectivity index is 2.38. The zero-order valence-electron chi connectivity index (χ0n) is 12.8. The molecule has 126 valence electrons. The third kappa shape index (κ3) is 3.09. The minimum absolute atomic E-state index is 0.0268. The molecule has 4 nitrogen and oxygen atoms in total. The van der Waals surface area contributed by atoms with E-state index in [1.807, 2.05) is 0 Å². The molecule has 0 saturated heterocycles. The molecule has 3 rings (SSSR count). The van der Waals surface area contributed by atoms with Crippen molar-refractivity contribution in [3.8, 4) is 17.2 Å². The molecule has 0 unspecified atom stereocenters. The maximum absolute atomic E-state index is 14.5. The molecule has 0 aromatic heterocycles. The van der Waals surface area contributed by atoms with Gasteiger partial charge < -0.3 is 0 Å². The maximum Gasteiger partial charge on any atom is 0.239 e. The van der Waals surface area contributed by atoms with Crippen LogP contribution in [-0.2, 0) is 16.4 Å². The molecule has 0 atom stereocenters. The highest BCUT2D eigenvalue weighted by Gasteiger charge is 2.22. The van der Waals surface area contributed by atoms with Gasteiger partial charge in [0.2, 0.25) is 10.0 Å². The van der Waals surface area contributed by atoms with Crippen molar-refractivity contribution in [3.63, 3.8) is 0 Å². The van der Waals surface area contributed by atoms with E-state index < -0.39 is 21.7 Å². The summed E-state index contributed by atoms with van der Waals surface area (Å²) >= 11 is 0. The van der Waals surface area contributed by atoms with Crippen molar-refractivity contribution in [2.45, 2.75) is 11.3 Å². The SMILES string of the molecule is N#CCc1cc(F)c(-c2ccc3ccccc3c2S(N)(=O)=O)cc1F. The van der Waals surface area contributed by atoms with Crippen LogP contribution in [0.1, 0.15) is 5.56 Å². The van der Waals surface area contributed by atoms with Crippen LogP contribution in [0.2, 0.25) is 0 Å². The Morgan fingerprint density at radius 2 is 1.72 bits per heavy atom. The summed E-state index contributed by atoms with van der Waals surface area (Å²) in [5, 5.41) is 14.9. The minimum atomic E-state index is -4.20. The Kier molecular flexibility index (Phi) is 4.25. The van der Waals surface area contributed by atoms with Gasteiger partial charge in [0.15, 0.2) is 0 Å². The van der Waals surface area contributed by atoms with E-state index in [-0.39, 0.29) is 28.0 Å². The molecule has 3 aromatic carbocycles. The fourth-order valence-electron chi connectivity index (χ4n) is 2.78. The van der Waals surface area contributed by atoms with Gasteiger partial charge in [-0.1, -0.05) is 36.4 Å². The highest BCUT2D eigenvalue weighted by Crippen LogP contribution is 2.35. The number of nitriles is 1. The normalized spacial score (nSPS) is 11.4. The summed E-state index contributed by atoms with van der Waals surface area (Å²) in [5.41, 5.74) is -0.350. The average Bonchev–Trinajstić information content (AvgIpc) is 2.56. The van der Waals surface area contributed by atoms with Crippen molar-refractivity contribution < 1.29 is 17.2 Å². The van der Waals surface area contributed by atoms with Crippen molar-refractivity contribution in [1.82, 2.24) is 0 Å². The van der Waals surface area contributed by atoms with Crippen molar-refractivity contribution in [2.75, 3.05) is 0 Å². The summed E-state index contributed by atoms with van der Waals surface area (Å²) in [4.78, 5) is -0.267. The number of nitrogens with zero attached hydrogens (tertiary/aromatic N) is 1. The van der Waals surface area contributed by atoms with E-state index in [1.165, 1.54) is 6.07 Å². The van der Waals surface area contributed by atoms with Crippen LogP contribution in [0.25, 0.3) is 21.9 Å². The number of hydrogen-bond donors (Lipinski definition) is 1. The Morgan fingerprint density at radius 3 is 2.40 bits per heavy atom. The third-order valence-electron chi connectivity index (χ3n) is 3.86. The predicted octanol–water partition coefficient (Wildman–Crippen LogP) is 3.50. The van der Waals surface area contributed by atoms with Gasteiger partial charge in [0.1, 0.15) is 11.6 Å². The molecule has 0 aliphatic heterocycles. The molecule has 0 bridgehead atoms. The molecular weight excluding hydrogens is 346 g/mol. The van der Waals surface area contributed by atoms with E-state index in [0.29, 0.717) is 10.8 Å². The average molecular weight is 358 g/mol. The smallest absolute Gasteiger partial charge is 0.225 e. The van der Waals surface area contributed by atoms with Gasteiger partial charge in [0.05, 0.1) is 17.4 Å². The summed E-state index contributed by atoms with van der Waals surface area (Å²) in [6, 6.07) is 13.1. The van der Waals surface area contributed by atoms with E-state index in [4.69, 9.17) is 10.4 Å². The molecular formula is C18H12F2N2O2S. The predicted molar refractivity (Wildman–Crippen MR) is 90.0 cm³/mol. The van der Waals surface area contributed by atoms with Crippen LogP contribution < -0.4 is 5.14 Å². The molecule has 7 heteroatoms. The summed E-state index contributed by atoms with van der Waals surface area (Å²) in [6.07, 6.45) is -0.289. The van der Waals surface area contributed by atoms with Crippen molar-refractivity contribution in [1.29, 1.82) is 5.26 Å². The summed E-state index contributed by atoms with van der Waals surface area (Å²) in [5.74, 6) is -1.61. The molecule has 0 heterocycles. The zero-order chi connectivity index (χ0) is 18.2. The van der Waals surface area contributed by atoms with Crippen LogP contribution in [0.3, 0.4) is 0 Å². The lowest BCUT2D eigenvalue weighted by Gasteiger charge is -2.13. The lowest BCUT2D eigenvalue weighted by atomic mass is 9.98. The van der Waals surface area contributed by atoms with Gasteiger partial charge in [-0.3, -0.25) is 0 Å². The van der Waals surface area contributed by atoms with Crippen molar-refractivity contribution in [3.05, 3.63) is 65.7 Å². The molecule has 0 spiro atoms. The highest BCUT2D eigenvalue weighted by atomic mass is 32.2. The lowest BCUT2D eigenvalue weighted by Crippen LogP contribution is -2.14. The van der Waals surface area contributed by atoms with Crippen LogP contribution in [-0.4, -0.2) is 8.42 Å². The lowest BCUT2D eigenvalue weighted by molar-refractivity contribution is 0.591. The standard InChI is InChI=1S/C18H12F2N2O2S/c19-16-10-15(17(20)9-12(16)7-8-21)14-6-5-11-3-1-2-4-13(11)18(14)25(22,23)24/h1-6,9-10H,7H2,(H2,22,23,24). The van der Waals surface area contributed by atoms with Gasteiger partial charge in [-0.2, -0.15) is 5.26 Å². The van der Waals surface area contributed by atoms with Crippen LogP contribution >= 0.6 is 0 Å². The van der Waals surface area contributed by atoms with E-state index in [1.54, 1.807) is 36.4 Å². The van der Waals surface area contributed by atoms with E-state index in [2.05, 4.69) is 0 Å². The number of nitrogens with two attached hydrogens (primary N) is 1. The fourth-order valence-corrected chi connectivity index (χ4v) is 3.75. The van der Waals surface area contributed by atoms with E-state index in [9.17, 15) is 17.2 Å². The van der Waals surface area contributed by atoms with Crippen LogP contribution in [0.15, 0.2) is 53.4 Å². The zero-order valence-corrected chi connectivity index (χ0v) is 13.6. The summed E-state index contributed by atoms with van der Waals surface area (Å²) in [7, 11) is -4.20. The Morgan fingerprint density at radius 1 is 1.00 bits per heavy atom. The molecule has 0 aliphatic carbocycles. The second-order valence-corrected chi connectivity index (χ2v) is 6.97. The van der Waals surface area contributed by atoms with Crippen LogP contribution in [0, 0.1) is 23.0 Å². The maximum atomic E-state index is 14.5. The number of benzene rings is 3.